The van der Waals surface area contributed by atoms with Crippen molar-refractivity contribution in [2.24, 2.45) is 0 Å². The van der Waals surface area contributed by atoms with Crippen LogP contribution in [0.5, 0.6) is 11.5 Å². The highest BCUT2D eigenvalue weighted by atomic mass is 16.3. The lowest BCUT2D eigenvalue weighted by Crippen LogP contribution is -2.11. The van der Waals surface area contributed by atoms with Crippen molar-refractivity contribution in [3.05, 3.63) is 59.7 Å². The van der Waals surface area contributed by atoms with E-state index in [0.29, 0.717) is 11.8 Å². The van der Waals surface area contributed by atoms with Crippen molar-refractivity contribution in [2.75, 3.05) is 6.61 Å². The average molecular weight is 314 g/mol. The molecule has 124 valence electrons. The summed E-state index contributed by atoms with van der Waals surface area (Å²) in [7, 11) is 0. The zero-order chi connectivity index (χ0) is 16.7. The maximum Gasteiger partial charge on any atom is 0.115 e. The van der Waals surface area contributed by atoms with E-state index >= 15 is 0 Å². The first-order valence-corrected chi connectivity index (χ1v) is 8.34. The summed E-state index contributed by atoms with van der Waals surface area (Å²) in [4.78, 5) is 0. The Balaban J connectivity index is 2.29. The Morgan fingerprint density at radius 1 is 0.739 bits per heavy atom. The van der Waals surface area contributed by atoms with E-state index in [1.807, 2.05) is 24.3 Å². The Hall–Kier alpha value is -2.00. The van der Waals surface area contributed by atoms with Gasteiger partial charge in [0.1, 0.15) is 11.5 Å². The lowest BCUT2D eigenvalue weighted by Gasteiger charge is -2.27. The number of hydrogen-bond donors (Lipinski definition) is 3. The fraction of sp³-hybridized carbons (Fsp3) is 0.400. The van der Waals surface area contributed by atoms with Gasteiger partial charge in [-0.2, -0.15) is 0 Å². The van der Waals surface area contributed by atoms with Gasteiger partial charge in [0, 0.05) is 6.61 Å². The van der Waals surface area contributed by atoms with Gasteiger partial charge < -0.3 is 15.3 Å². The smallest absolute Gasteiger partial charge is 0.115 e. The predicted octanol–water partition coefficient (Wildman–Crippen LogP) is 4.54. The number of rotatable bonds is 8. The predicted molar refractivity (Wildman–Crippen MR) is 92.9 cm³/mol. The standard InChI is InChI=1S/C20H26O3/c1-2-19(15-6-10-17(22)11-7-15)20(5-3-4-14-21)16-8-12-18(23)13-9-16/h6-13,19-23H,2-5,14H2,1H3/t19-,20+/m0/s1. The largest absolute Gasteiger partial charge is 0.508 e. The molecule has 0 aliphatic carbocycles. The molecule has 0 amide bonds. The van der Waals surface area contributed by atoms with E-state index in [2.05, 4.69) is 6.92 Å². The highest BCUT2D eigenvalue weighted by molar-refractivity contribution is 5.34. The van der Waals surface area contributed by atoms with E-state index in [-0.39, 0.29) is 18.1 Å². The maximum atomic E-state index is 9.54. The summed E-state index contributed by atoms with van der Waals surface area (Å²) < 4.78 is 0. The molecule has 2 aromatic carbocycles. The minimum absolute atomic E-state index is 0.221. The number of aliphatic hydroxyl groups is 1. The van der Waals surface area contributed by atoms with Gasteiger partial charge in [-0.1, -0.05) is 37.6 Å². The SMILES string of the molecule is CC[C@@H](c1ccc(O)cc1)[C@H](CCCCO)c1ccc(O)cc1. The monoisotopic (exact) mass is 314 g/mol. The normalized spacial score (nSPS) is 13.7. The van der Waals surface area contributed by atoms with Gasteiger partial charge in [-0.15, -0.1) is 0 Å². The third-order valence-electron chi connectivity index (χ3n) is 4.49. The number of phenolic OH excluding ortho intramolecular Hbond substituents is 2. The van der Waals surface area contributed by atoms with Crippen LogP contribution in [0, 0.1) is 0 Å². The summed E-state index contributed by atoms with van der Waals surface area (Å²) in [6.07, 6.45) is 3.76. The third-order valence-corrected chi connectivity index (χ3v) is 4.49. The van der Waals surface area contributed by atoms with Crippen LogP contribution in [0.4, 0.5) is 0 Å². The number of hydrogen-bond acceptors (Lipinski definition) is 3. The average Bonchev–Trinajstić information content (AvgIpc) is 2.57. The Bertz CT molecular complexity index is 575. The van der Waals surface area contributed by atoms with Gasteiger partial charge in [-0.3, -0.25) is 0 Å². The minimum atomic E-state index is 0.221. The van der Waals surface area contributed by atoms with E-state index in [1.54, 1.807) is 24.3 Å². The number of unbranched alkanes of at least 4 members (excludes halogenated alkanes) is 1. The van der Waals surface area contributed by atoms with Crippen LogP contribution < -0.4 is 0 Å². The maximum absolute atomic E-state index is 9.54. The molecule has 0 bridgehead atoms. The van der Waals surface area contributed by atoms with Crippen molar-refractivity contribution in [1.82, 2.24) is 0 Å². The van der Waals surface area contributed by atoms with E-state index in [9.17, 15) is 10.2 Å². The molecule has 0 heterocycles. The van der Waals surface area contributed by atoms with Crippen LogP contribution in [0.15, 0.2) is 48.5 Å². The van der Waals surface area contributed by atoms with Gasteiger partial charge in [-0.05, 0) is 66.5 Å². The van der Waals surface area contributed by atoms with Crippen LogP contribution >= 0.6 is 0 Å². The second-order valence-corrected chi connectivity index (χ2v) is 6.02. The number of aromatic hydroxyl groups is 2. The topological polar surface area (TPSA) is 60.7 Å². The van der Waals surface area contributed by atoms with Gasteiger partial charge in [-0.25, -0.2) is 0 Å². The van der Waals surface area contributed by atoms with Crippen LogP contribution in [0.2, 0.25) is 0 Å². The molecule has 3 N–H and O–H groups in total. The molecule has 0 aliphatic rings. The molecule has 0 spiro atoms. The van der Waals surface area contributed by atoms with Crippen molar-refractivity contribution in [3.8, 4) is 11.5 Å². The van der Waals surface area contributed by atoms with Crippen LogP contribution in [0.1, 0.15) is 55.6 Å². The summed E-state index contributed by atoms with van der Waals surface area (Å²) in [6, 6.07) is 14.9. The Kier molecular flexibility index (Phi) is 6.48. The number of phenols is 2. The van der Waals surface area contributed by atoms with E-state index < -0.39 is 0 Å². The summed E-state index contributed by atoms with van der Waals surface area (Å²) in [5.74, 6) is 1.24. The van der Waals surface area contributed by atoms with Crippen molar-refractivity contribution >= 4 is 0 Å². The van der Waals surface area contributed by atoms with Crippen LogP contribution in [-0.4, -0.2) is 21.9 Å². The van der Waals surface area contributed by atoms with Crippen LogP contribution in [0.25, 0.3) is 0 Å². The molecule has 2 rings (SSSR count). The molecule has 0 radical (unpaired) electrons. The highest BCUT2D eigenvalue weighted by Gasteiger charge is 2.23. The van der Waals surface area contributed by atoms with Crippen molar-refractivity contribution in [3.63, 3.8) is 0 Å². The summed E-state index contributed by atoms with van der Waals surface area (Å²) in [5, 5.41) is 28.1. The zero-order valence-electron chi connectivity index (χ0n) is 13.7. The molecular weight excluding hydrogens is 288 g/mol. The van der Waals surface area contributed by atoms with Crippen LogP contribution in [0.3, 0.4) is 0 Å². The molecule has 0 aliphatic heterocycles. The fourth-order valence-corrected chi connectivity index (χ4v) is 3.27. The first-order valence-electron chi connectivity index (χ1n) is 8.34. The molecule has 3 nitrogen and oxygen atoms in total. The molecule has 0 unspecified atom stereocenters. The molecule has 0 fully saturated rings. The Morgan fingerprint density at radius 3 is 1.65 bits per heavy atom. The first kappa shape index (κ1) is 17.4. The highest BCUT2D eigenvalue weighted by Crippen LogP contribution is 2.39. The van der Waals surface area contributed by atoms with E-state index in [4.69, 9.17) is 5.11 Å². The lowest BCUT2D eigenvalue weighted by atomic mass is 9.77. The Labute approximate surface area is 138 Å². The van der Waals surface area contributed by atoms with E-state index in [1.165, 1.54) is 11.1 Å². The van der Waals surface area contributed by atoms with Gasteiger partial charge in [0.2, 0.25) is 0 Å². The molecular formula is C20H26O3. The van der Waals surface area contributed by atoms with Gasteiger partial charge in [0.25, 0.3) is 0 Å². The molecule has 23 heavy (non-hydrogen) atoms. The molecule has 2 atom stereocenters. The minimum Gasteiger partial charge on any atom is -0.508 e. The lowest BCUT2D eigenvalue weighted by molar-refractivity contribution is 0.279. The molecule has 0 saturated heterocycles. The number of aliphatic hydroxyl groups excluding tert-OH is 1. The summed E-state index contributed by atoms with van der Waals surface area (Å²) >= 11 is 0. The quantitative estimate of drug-likeness (QED) is 0.627. The fourth-order valence-electron chi connectivity index (χ4n) is 3.27. The van der Waals surface area contributed by atoms with Crippen LogP contribution in [-0.2, 0) is 0 Å². The van der Waals surface area contributed by atoms with Crippen molar-refractivity contribution < 1.29 is 15.3 Å². The Morgan fingerprint density at radius 2 is 1.22 bits per heavy atom. The number of benzene rings is 2. The van der Waals surface area contributed by atoms with Gasteiger partial charge in [0.15, 0.2) is 0 Å². The summed E-state index contributed by atoms with van der Waals surface area (Å²) in [6.45, 7) is 2.40. The second kappa shape index (κ2) is 8.59. The third kappa shape index (κ3) is 4.73. The first-order chi connectivity index (χ1) is 11.2. The molecule has 0 aromatic heterocycles. The van der Waals surface area contributed by atoms with E-state index in [0.717, 1.165) is 25.7 Å². The van der Waals surface area contributed by atoms with Gasteiger partial charge >= 0.3 is 0 Å². The summed E-state index contributed by atoms with van der Waals surface area (Å²) in [5.41, 5.74) is 2.42. The van der Waals surface area contributed by atoms with Crippen molar-refractivity contribution in [2.45, 2.75) is 44.4 Å². The molecule has 0 saturated carbocycles. The molecule has 3 heteroatoms. The van der Waals surface area contributed by atoms with Crippen molar-refractivity contribution in [1.29, 1.82) is 0 Å². The van der Waals surface area contributed by atoms with Gasteiger partial charge in [0.05, 0.1) is 0 Å². The second-order valence-electron chi connectivity index (χ2n) is 6.02. The zero-order valence-corrected chi connectivity index (χ0v) is 13.7. The molecule has 2 aromatic rings.